The van der Waals surface area contributed by atoms with Gasteiger partial charge in [0.2, 0.25) is 5.91 Å². The number of halogens is 2. The first-order chi connectivity index (χ1) is 8.97. The smallest absolute Gasteiger partial charge is 0.232 e. The zero-order chi connectivity index (χ0) is 14.0. The standard InChI is InChI=1S/C14H19BrN2OS.ClH/c1-9-6-13(10(2)5-12(9)15)19-8-14(18)17-4-3-11(16)7-17;/h5-6,11H,3-4,7-8,16H2,1-2H3;1H/t11-;/m1./s1. The van der Waals surface area contributed by atoms with Crippen LogP contribution >= 0.6 is 40.1 Å². The SMILES string of the molecule is Cc1cc(SCC(=O)N2CC[C@@H](N)C2)c(C)cc1Br.Cl. The second kappa shape index (κ2) is 7.69. The summed E-state index contributed by atoms with van der Waals surface area (Å²) in [5.74, 6) is 0.687. The molecule has 1 aromatic rings. The Morgan fingerprint density at radius 2 is 2.15 bits per heavy atom. The van der Waals surface area contributed by atoms with Gasteiger partial charge in [0, 0.05) is 28.5 Å². The number of amides is 1. The van der Waals surface area contributed by atoms with Crippen LogP contribution < -0.4 is 5.73 Å². The molecule has 112 valence electrons. The fourth-order valence-electron chi connectivity index (χ4n) is 2.15. The third-order valence-corrected chi connectivity index (χ3v) is 5.38. The summed E-state index contributed by atoms with van der Waals surface area (Å²) in [4.78, 5) is 15.1. The molecular weight excluding hydrogens is 360 g/mol. The number of nitrogens with zero attached hydrogens (tertiary/aromatic N) is 1. The minimum absolute atomic E-state index is 0. The van der Waals surface area contributed by atoms with Crippen LogP contribution in [0.5, 0.6) is 0 Å². The number of hydrogen-bond donors (Lipinski definition) is 1. The van der Waals surface area contributed by atoms with Crippen molar-refractivity contribution in [3.63, 3.8) is 0 Å². The van der Waals surface area contributed by atoms with Crippen molar-refractivity contribution in [1.82, 2.24) is 4.90 Å². The summed E-state index contributed by atoms with van der Waals surface area (Å²) >= 11 is 5.14. The monoisotopic (exact) mass is 378 g/mol. The Labute approximate surface area is 139 Å². The van der Waals surface area contributed by atoms with Crippen molar-refractivity contribution in [2.75, 3.05) is 18.8 Å². The first kappa shape index (κ1) is 17.8. The number of nitrogens with two attached hydrogens (primary N) is 1. The van der Waals surface area contributed by atoms with E-state index in [2.05, 4.69) is 41.9 Å². The fraction of sp³-hybridized carbons (Fsp3) is 0.500. The van der Waals surface area contributed by atoms with Gasteiger partial charge in [0.05, 0.1) is 5.75 Å². The molecule has 2 N–H and O–H groups in total. The molecule has 3 nitrogen and oxygen atoms in total. The van der Waals surface area contributed by atoms with Gasteiger partial charge in [-0.15, -0.1) is 24.2 Å². The van der Waals surface area contributed by atoms with Crippen LogP contribution in [0.3, 0.4) is 0 Å². The summed E-state index contributed by atoms with van der Waals surface area (Å²) in [7, 11) is 0. The van der Waals surface area contributed by atoms with Gasteiger partial charge in [-0.1, -0.05) is 15.9 Å². The molecule has 1 aliphatic heterocycles. The maximum absolute atomic E-state index is 12.1. The predicted molar refractivity (Wildman–Crippen MR) is 90.8 cm³/mol. The Kier molecular flexibility index (Phi) is 6.85. The van der Waals surface area contributed by atoms with Gasteiger partial charge in [-0.05, 0) is 43.5 Å². The normalized spacial score (nSPS) is 18.0. The summed E-state index contributed by atoms with van der Waals surface area (Å²) < 4.78 is 1.12. The first-order valence-corrected chi connectivity index (χ1v) is 8.18. The van der Waals surface area contributed by atoms with Gasteiger partial charge in [0.25, 0.3) is 0 Å². The summed E-state index contributed by atoms with van der Waals surface area (Å²) in [5.41, 5.74) is 8.23. The average molecular weight is 380 g/mol. The lowest BCUT2D eigenvalue weighted by atomic mass is 10.2. The number of rotatable bonds is 3. The zero-order valence-corrected chi connectivity index (χ0v) is 14.9. The van der Waals surface area contributed by atoms with Crippen LogP contribution in [0.15, 0.2) is 21.5 Å². The molecule has 0 unspecified atom stereocenters. The van der Waals surface area contributed by atoms with Gasteiger partial charge in [-0.25, -0.2) is 0 Å². The molecule has 1 aliphatic rings. The number of hydrogen-bond acceptors (Lipinski definition) is 3. The van der Waals surface area contributed by atoms with E-state index in [1.54, 1.807) is 11.8 Å². The highest BCUT2D eigenvalue weighted by Gasteiger charge is 2.23. The van der Waals surface area contributed by atoms with Gasteiger partial charge < -0.3 is 10.6 Å². The first-order valence-electron chi connectivity index (χ1n) is 6.40. The van der Waals surface area contributed by atoms with Crippen molar-refractivity contribution >= 4 is 46.0 Å². The minimum Gasteiger partial charge on any atom is -0.340 e. The van der Waals surface area contributed by atoms with Crippen LogP contribution in [0, 0.1) is 13.8 Å². The maximum Gasteiger partial charge on any atom is 0.232 e. The van der Waals surface area contributed by atoms with Crippen molar-refractivity contribution < 1.29 is 4.79 Å². The van der Waals surface area contributed by atoms with E-state index in [0.717, 1.165) is 17.4 Å². The lowest BCUT2D eigenvalue weighted by Crippen LogP contribution is -2.33. The van der Waals surface area contributed by atoms with Crippen LogP contribution in [-0.4, -0.2) is 35.7 Å². The van der Waals surface area contributed by atoms with Crippen molar-refractivity contribution in [1.29, 1.82) is 0 Å². The van der Waals surface area contributed by atoms with Gasteiger partial charge in [0.15, 0.2) is 0 Å². The highest BCUT2D eigenvalue weighted by atomic mass is 79.9. The third-order valence-electron chi connectivity index (χ3n) is 3.38. The van der Waals surface area contributed by atoms with E-state index in [1.165, 1.54) is 16.0 Å². The molecule has 0 aromatic heterocycles. The van der Waals surface area contributed by atoms with Crippen LogP contribution in [-0.2, 0) is 4.79 Å². The third kappa shape index (κ3) is 4.38. The lowest BCUT2D eigenvalue weighted by molar-refractivity contribution is -0.127. The van der Waals surface area contributed by atoms with Crippen molar-refractivity contribution in [2.45, 2.75) is 31.2 Å². The van der Waals surface area contributed by atoms with Crippen molar-refractivity contribution in [2.24, 2.45) is 5.73 Å². The number of likely N-dealkylation sites (tertiary alicyclic amines) is 1. The molecular formula is C14H20BrClN2OS. The Balaban J connectivity index is 0.00000200. The van der Waals surface area contributed by atoms with Crippen molar-refractivity contribution in [3.8, 4) is 0 Å². The molecule has 2 rings (SSSR count). The molecule has 1 atom stereocenters. The molecule has 0 spiro atoms. The van der Waals surface area contributed by atoms with E-state index in [-0.39, 0.29) is 24.4 Å². The molecule has 1 fully saturated rings. The van der Waals surface area contributed by atoms with Gasteiger partial charge in [0.1, 0.15) is 0 Å². The number of aryl methyl sites for hydroxylation is 2. The van der Waals surface area contributed by atoms with Crippen LogP contribution in [0.25, 0.3) is 0 Å². The Bertz CT molecular complexity index is 498. The Morgan fingerprint density at radius 1 is 1.45 bits per heavy atom. The van der Waals surface area contributed by atoms with Crippen LogP contribution in [0.4, 0.5) is 0 Å². The van der Waals surface area contributed by atoms with E-state index in [1.807, 2.05) is 4.90 Å². The van der Waals surface area contributed by atoms with E-state index < -0.39 is 0 Å². The molecule has 6 heteroatoms. The van der Waals surface area contributed by atoms with Crippen LogP contribution in [0.1, 0.15) is 17.5 Å². The summed E-state index contributed by atoms with van der Waals surface area (Å²) in [6, 6.07) is 4.40. The van der Waals surface area contributed by atoms with Crippen LogP contribution in [0.2, 0.25) is 0 Å². The van der Waals surface area contributed by atoms with Gasteiger partial charge in [-0.3, -0.25) is 4.79 Å². The molecule has 1 amide bonds. The molecule has 1 saturated heterocycles. The lowest BCUT2D eigenvalue weighted by Gasteiger charge is -2.16. The zero-order valence-electron chi connectivity index (χ0n) is 11.7. The Hall–Kier alpha value is -0.230. The molecule has 1 heterocycles. The van der Waals surface area contributed by atoms with E-state index >= 15 is 0 Å². The van der Waals surface area contributed by atoms with Crippen molar-refractivity contribution in [3.05, 3.63) is 27.7 Å². The van der Waals surface area contributed by atoms with Gasteiger partial charge in [-0.2, -0.15) is 0 Å². The highest BCUT2D eigenvalue weighted by molar-refractivity contribution is 9.10. The molecule has 20 heavy (non-hydrogen) atoms. The summed E-state index contributed by atoms with van der Waals surface area (Å²) in [6.07, 6.45) is 0.923. The molecule has 0 saturated carbocycles. The Morgan fingerprint density at radius 3 is 2.75 bits per heavy atom. The minimum atomic E-state index is 0. The second-order valence-corrected chi connectivity index (χ2v) is 6.92. The number of carbonyl (C=O) groups excluding carboxylic acids is 1. The van der Waals surface area contributed by atoms with E-state index in [4.69, 9.17) is 5.73 Å². The largest absolute Gasteiger partial charge is 0.340 e. The maximum atomic E-state index is 12.1. The summed E-state index contributed by atoms with van der Waals surface area (Å²) in [5, 5.41) is 0. The predicted octanol–water partition coefficient (Wildman–Crippen LogP) is 3.14. The molecule has 0 radical (unpaired) electrons. The van der Waals surface area contributed by atoms with Gasteiger partial charge >= 0.3 is 0 Å². The molecule has 0 aliphatic carbocycles. The quantitative estimate of drug-likeness (QED) is 0.821. The number of benzene rings is 1. The molecule has 1 aromatic carbocycles. The molecule has 0 bridgehead atoms. The topological polar surface area (TPSA) is 46.3 Å². The van der Waals surface area contributed by atoms with E-state index in [9.17, 15) is 4.79 Å². The number of carbonyl (C=O) groups is 1. The van der Waals surface area contributed by atoms with E-state index in [0.29, 0.717) is 12.3 Å². The number of thioether (sulfide) groups is 1. The second-order valence-electron chi connectivity index (χ2n) is 5.04. The average Bonchev–Trinajstić information content (AvgIpc) is 2.78. The fourth-order valence-corrected chi connectivity index (χ4v) is 3.62. The highest BCUT2D eigenvalue weighted by Crippen LogP contribution is 2.28. The summed E-state index contributed by atoms with van der Waals surface area (Å²) in [6.45, 7) is 5.65.